The van der Waals surface area contributed by atoms with Crippen LogP contribution in [0.25, 0.3) is 0 Å². The molecule has 2 heteroatoms. The number of hydrogen-bond acceptors (Lipinski definition) is 0. The molecule has 0 atom stereocenters. The minimum Gasteiger partial charge on any atom is -0.123 e. The molecule has 0 N–H and O–H groups in total. The summed E-state index contributed by atoms with van der Waals surface area (Å²) >= 11 is 11.6. The van der Waals surface area contributed by atoms with Gasteiger partial charge in [-0.05, 0) is 25.7 Å². The molecule has 0 radical (unpaired) electrons. The fraction of sp³-hybridized carbons (Fsp3) is 1.00. The summed E-state index contributed by atoms with van der Waals surface area (Å²) in [6, 6.07) is 0. The summed E-state index contributed by atoms with van der Waals surface area (Å²) in [5.41, 5.74) is 0. The Morgan fingerprint density at radius 2 is 0.786 bits per heavy atom. The van der Waals surface area contributed by atoms with Crippen molar-refractivity contribution in [1.82, 2.24) is 0 Å². The van der Waals surface area contributed by atoms with Crippen LogP contribution in [0.5, 0.6) is 0 Å². The number of hydrogen-bond donors (Lipinski definition) is 0. The molecule has 2 aliphatic carbocycles. The van der Waals surface area contributed by atoms with E-state index < -0.39 is 0 Å². The van der Waals surface area contributed by atoms with Crippen LogP contribution in [0.2, 0.25) is 0 Å². The predicted octanol–water partition coefficient (Wildman–Crippen LogP) is 5.12. The fourth-order valence-electron chi connectivity index (χ4n) is 2.11. The van der Waals surface area contributed by atoms with Gasteiger partial charge in [0.2, 0.25) is 0 Å². The van der Waals surface area contributed by atoms with Crippen molar-refractivity contribution in [3.05, 3.63) is 0 Å². The second kappa shape index (κ2) is 7.82. The molecule has 0 aliphatic heterocycles. The predicted molar refractivity (Wildman–Crippen MR) is 65.5 cm³/mol. The molecule has 2 aliphatic rings. The van der Waals surface area contributed by atoms with Crippen LogP contribution in [0, 0.1) is 0 Å². The molecule has 14 heavy (non-hydrogen) atoms. The first-order valence-electron chi connectivity index (χ1n) is 6.07. The van der Waals surface area contributed by atoms with E-state index in [4.69, 9.17) is 23.2 Å². The number of alkyl halides is 2. The zero-order valence-corrected chi connectivity index (χ0v) is 10.5. The van der Waals surface area contributed by atoms with E-state index in [-0.39, 0.29) is 0 Å². The summed E-state index contributed by atoms with van der Waals surface area (Å²) in [6.45, 7) is 0. The van der Waals surface area contributed by atoms with E-state index in [1.807, 2.05) is 0 Å². The van der Waals surface area contributed by atoms with Gasteiger partial charge in [-0.25, -0.2) is 0 Å². The van der Waals surface area contributed by atoms with Gasteiger partial charge in [0.25, 0.3) is 0 Å². The average Bonchev–Trinajstić information content (AvgIpc) is 2.21. The van der Waals surface area contributed by atoms with Crippen LogP contribution in [0.4, 0.5) is 0 Å². The Morgan fingerprint density at radius 3 is 0.929 bits per heavy atom. The van der Waals surface area contributed by atoms with Gasteiger partial charge in [0, 0.05) is 10.8 Å². The van der Waals surface area contributed by atoms with Gasteiger partial charge < -0.3 is 0 Å². The van der Waals surface area contributed by atoms with Gasteiger partial charge in [-0.2, -0.15) is 0 Å². The van der Waals surface area contributed by atoms with Gasteiger partial charge >= 0.3 is 0 Å². The molecule has 0 spiro atoms. The SMILES string of the molecule is ClC1CCCCC1.ClC1CCCCC1. The van der Waals surface area contributed by atoms with E-state index in [0.717, 1.165) is 0 Å². The number of halogens is 2. The van der Waals surface area contributed by atoms with E-state index >= 15 is 0 Å². The molecule has 2 saturated carbocycles. The monoisotopic (exact) mass is 236 g/mol. The van der Waals surface area contributed by atoms with Gasteiger partial charge in [0.1, 0.15) is 0 Å². The lowest BCUT2D eigenvalue weighted by atomic mass is 10.0. The van der Waals surface area contributed by atoms with Gasteiger partial charge in [-0.3, -0.25) is 0 Å². The minimum absolute atomic E-state index is 0.508. The van der Waals surface area contributed by atoms with Crippen LogP contribution in [-0.2, 0) is 0 Å². The second-order valence-electron chi connectivity index (χ2n) is 4.47. The first-order chi connectivity index (χ1) is 6.79. The first-order valence-corrected chi connectivity index (χ1v) is 6.94. The normalized spacial score (nSPS) is 25.3. The third kappa shape index (κ3) is 6.14. The molecule has 0 heterocycles. The highest BCUT2D eigenvalue weighted by atomic mass is 35.5. The maximum Gasteiger partial charge on any atom is 0.0336 e. The second-order valence-corrected chi connectivity index (χ2v) is 5.71. The van der Waals surface area contributed by atoms with E-state index in [1.54, 1.807) is 0 Å². The van der Waals surface area contributed by atoms with Crippen molar-refractivity contribution < 1.29 is 0 Å². The van der Waals surface area contributed by atoms with E-state index in [9.17, 15) is 0 Å². The Balaban J connectivity index is 0.000000140. The van der Waals surface area contributed by atoms with E-state index in [2.05, 4.69) is 0 Å². The lowest BCUT2D eigenvalue weighted by molar-refractivity contribution is 0.511. The Morgan fingerprint density at radius 1 is 0.500 bits per heavy atom. The summed E-state index contributed by atoms with van der Waals surface area (Å²) < 4.78 is 0. The van der Waals surface area contributed by atoms with Crippen LogP contribution in [0.1, 0.15) is 64.2 Å². The summed E-state index contributed by atoms with van der Waals surface area (Å²) in [4.78, 5) is 0. The molecular weight excluding hydrogens is 215 g/mol. The van der Waals surface area contributed by atoms with Gasteiger partial charge in [0.05, 0.1) is 0 Å². The molecule has 0 unspecified atom stereocenters. The maximum atomic E-state index is 5.82. The van der Waals surface area contributed by atoms with E-state index in [1.165, 1.54) is 64.2 Å². The molecule has 0 aromatic heterocycles. The van der Waals surface area contributed by atoms with Crippen LogP contribution in [0.15, 0.2) is 0 Å². The molecule has 0 bridgehead atoms. The molecule has 0 nitrogen and oxygen atoms in total. The zero-order valence-electron chi connectivity index (χ0n) is 8.98. The average molecular weight is 237 g/mol. The summed E-state index contributed by atoms with van der Waals surface area (Å²) in [7, 11) is 0. The fourth-order valence-corrected chi connectivity index (χ4v) is 2.72. The lowest BCUT2D eigenvalue weighted by Crippen LogP contribution is -2.03. The zero-order chi connectivity index (χ0) is 10.2. The quantitative estimate of drug-likeness (QED) is 0.513. The Labute approximate surface area is 98.4 Å². The Bertz CT molecular complexity index is 108. The van der Waals surface area contributed by atoms with Crippen LogP contribution in [0.3, 0.4) is 0 Å². The molecule has 0 amide bonds. The molecule has 0 aromatic carbocycles. The summed E-state index contributed by atoms with van der Waals surface area (Å²) in [5, 5.41) is 1.02. The van der Waals surface area contributed by atoms with Crippen molar-refractivity contribution in [2.45, 2.75) is 75.0 Å². The Kier molecular flexibility index (Phi) is 7.06. The van der Waals surface area contributed by atoms with Crippen LogP contribution in [-0.4, -0.2) is 10.8 Å². The van der Waals surface area contributed by atoms with E-state index in [0.29, 0.717) is 10.8 Å². The highest BCUT2D eigenvalue weighted by molar-refractivity contribution is 6.20. The van der Waals surface area contributed by atoms with Crippen molar-refractivity contribution in [3.63, 3.8) is 0 Å². The Hall–Kier alpha value is 0.580. The summed E-state index contributed by atoms with van der Waals surface area (Å²) in [6.07, 6.45) is 13.2. The van der Waals surface area contributed by atoms with Gasteiger partial charge in [0.15, 0.2) is 0 Å². The summed E-state index contributed by atoms with van der Waals surface area (Å²) in [5.74, 6) is 0. The third-order valence-electron chi connectivity index (χ3n) is 3.07. The first kappa shape index (κ1) is 12.6. The molecule has 2 fully saturated rings. The van der Waals surface area contributed by atoms with Crippen LogP contribution >= 0.6 is 23.2 Å². The largest absolute Gasteiger partial charge is 0.123 e. The topological polar surface area (TPSA) is 0 Å². The van der Waals surface area contributed by atoms with Crippen molar-refractivity contribution in [1.29, 1.82) is 0 Å². The minimum atomic E-state index is 0.508. The third-order valence-corrected chi connectivity index (χ3v) is 3.94. The smallest absolute Gasteiger partial charge is 0.0336 e. The molecule has 2 rings (SSSR count). The van der Waals surface area contributed by atoms with Gasteiger partial charge in [-0.15, -0.1) is 23.2 Å². The molecule has 84 valence electrons. The molecule has 0 aromatic rings. The molecular formula is C12H22Cl2. The standard InChI is InChI=1S/2C6H11Cl/c2*7-6-4-2-1-3-5-6/h2*6H,1-5H2. The van der Waals surface area contributed by atoms with Crippen LogP contribution < -0.4 is 0 Å². The van der Waals surface area contributed by atoms with Crippen molar-refractivity contribution >= 4 is 23.2 Å². The highest BCUT2D eigenvalue weighted by Crippen LogP contribution is 2.22. The van der Waals surface area contributed by atoms with Gasteiger partial charge in [-0.1, -0.05) is 38.5 Å². The number of rotatable bonds is 0. The van der Waals surface area contributed by atoms with Crippen molar-refractivity contribution in [2.75, 3.05) is 0 Å². The maximum absolute atomic E-state index is 5.82. The highest BCUT2D eigenvalue weighted by Gasteiger charge is 2.08. The van der Waals surface area contributed by atoms with Crippen molar-refractivity contribution in [2.24, 2.45) is 0 Å². The lowest BCUT2D eigenvalue weighted by Gasteiger charge is -2.13. The molecule has 0 saturated heterocycles. The van der Waals surface area contributed by atoms with Crippen molar-refractivity contribution in [3.8, 4) is 0 Å².